The summed E-state index contributed by atoms with van der Waals surface area (Å²) in [5.74, 6) is 0.268. The second kappa shape index (κ2) is 7.39. The number of hydrogen-bond donors (Lipinski definition) is 1. The third-order valence-electron chi connectivity index (χ3n) is 3.49. The number of para-hydroxylation sites is 1. The monoisotopic (exact) mass is 281 g/mol. The van der Waals surface area contributed by atoms with E-state index in [1.807, 2.05) is 12.1 Å². The fraction of sp³-hybridized carbons (Fsp3) is 0.500. The Morgan fingerprint density at radius 2 is 2.10 bits per heavy atom. The molecular formula is C16H21F2NO. The average Bonchev–Trinajstić information content (AvgIpc) is 2.94. The van der Waals surface area contributed by atoms with Crippen LogP contribution in [0.15, 0.2) is 35.9 Å². The van der Waals surface area contributed by atoms with Crippen LogP contribution in [0.4, 0.5) is 8.78 Å². The molecular weight excluding hydrogens is 260 g/mol. The van der Waals surface area contributed by atoms with Crippen LogP contribution in [0, 0.1) is 0 Å². The van der Waals surface area contributed by atoms with Gasteiger partial charge in [-0.15, -0.1) is 0 Å². The second-order valence-electron chi connectivity index (χ2n) is 4.97. The Balaban J connectivity index is 2.27. The molecule has 0 fully saturated rings. The predicted molar refractivity (Wildman–Crippen MR) is 76.0 cm³/mol. The fourth-order valence-electron chi connectivity index (χ4n) is 2.61. The van der Waals surface area contributed by atoms with E-state index in [1.165, 1.54) is 5.57 Å². The van der Waals surface area contributed by atoms with Gasteiger partial charge in [0, 0.05) is 5.56 Å². The Bertz CT molecular complexity index is 460. The summed E-state index contributed by atoms with van der Waals surface area (Å²) in [6.07, 6.45) is 6.44. The highest BCUT2D eigenvalue weighted by Gasteiger charge is 2.22. The van der Waals surface area contributed by atoms with E-state index in [4.69, 9.17) is 0 Å². The van der Waals surface area contributed by atoms with E-state index in [0.717, 1.165) is 37.8 Å². The molecule has 0 heterocycles. The molecule has 0 saturated heterocycles. The van der Waals surface area contributed by atoms with Gasteiger partial charge in [-0.3, -0.25) is 0 Å². The predicted octanol–water partition coefficient (Wildman–Crippen LogP) is 4.44. The van der Waals surface area contributed by atoms with Crippen molar-refractivity contribution in [2.45, 2.75) is 45.3 Å². The minimum atomic E-state index is -2.79. The molecule has 4 heteroatoms. The number of benzene rings is 1. The van der Waals surface area contributed by atoms with E-state index in [9.17, 15) is 8.78 Å². The molecule has 2 nitrogen and oxygen atoms in total. The zero-order valence-corrected chi connectivity index (χ0v) is 11.7. The van der Waals surface area contributed by atoms with E-state index >= 15 is 0 Å². The number of ether oxygens (including phenoxy) is 1. The largest absolute Gasteiger partial charge is 0.434 e. The van der Waals surface area contributed by atoms with Crippen LogP contribution in [0.3, 0.4) is 0 Å². The lowest BCUT2D eigenvalue weighted by atomic mass is 9.97. The van der Waals surface area contributed by atoms with Gasteiger partial charge in [0.2, 0.25) is 0 Å². The summed E-state index contributed by atoms with van der Waals surface area (Å²) >= 11 is 0. The van der Waals surface area contributed by atoms with E-state index in [1.54, 1.807) is 12.1 Å². The molecule has 0 radical (unpaired) electrons. The first-order chi connectivity index (χ1) is 9.72. The van der Waals surface area contributed by atoms with E-state index in [-0.39, 0.29) is 11.8 Å². The third kappa shape index (κ3) is 3.79. The van der Waals surface area contributed by atoms with Crippen molar-refractivity contribution in [1.29, 1.82) is 0 Å². The van der Waals surface area contributed by atoms with Gasteiger partial charge >= 0.3 is 6.61 Å². The topological polar surface area (TPSA) is 21.3 Å². The van der Waals surface area contributed by atoms with E-state index in [2.05, 4.69) is 23.1 Å². The highest BCUT2D eigenvalue weighted by molar-refractivity contribution is 5.41. The number of hydrogen-bond acceptors (Lipinski definition) is 2. The van der Waals surface area contributed by atoms with Crippen LogP contribution in [-0.2, 0) is 0 Å². The Hall–Kier alpha value is -1.42. The third-order valence-corrected chi connectivity index (χ3v) is 3.49. The first kappa shape index (κ1) is 15.0. The molecule has 110 valence electrons. The summed E-state index contributed by atoms with van der Waals surface area (Å²) in [5, 5.41) is 3.45. The second-order valence-corrected chi connectivity index (χ2v) is 4.97. The number of rotatable bonds is 7. The summed E-state index contributed by atoms with van der Waals surface area (Å²) in [5.41, 5.74) is 2.08. The van der Waals surface area contributed by atoms with Crippen LogP contribution in [0.1, 0.15) is 44.2 Å². The number of allylic oxidation sites excluding steroid dienone is 1. The van der Waals surface area contributed by atoms with Gasteiger partial charge < -0.3 is 10.1 Å². The average molecular weight is 281 g/mol. The van der Waals surface area contributed by atoms with Crippen molar-refractivity contribution in [2.24, 2.45) is 0 Å². The maximum absolute atomic E-state index is 12.5. The minimum Gasteiger partial charge on any atom is -0.434 e. The molecule has 1 unspecified atom stereocenters. The Morgan fingerprint density at radius 1 is 1.30 bits per heavy atom. The molecule has 20 heavy (non-hydrogen) atoms. The maximum Gasteiger partial charge on any atom is 0.387 e. The molecule has 1 aliphatic rings. The SMILES string of the molecule is CCCNC(C1=CCCC1)c1ccccc1OC(F)F. The summed E-state index contributed by atoms with van der Waals surface area (Å²) < 4.78 is 29.7. The molecule has 0 saturated carbocycles. The molecule has 0 spiro atoms. The lowest BCUT2D eigenvalue weighted by molar-refractivity contribution is -0.0506. The lowest BCUT2D eigenvalue weighted by Crippen LogP contribution is -2.24. The quantitative estimate of drug-likeness (QED) is 0.746. The number of nitrogens with one attached hydrogen (secondary N) is 1. The van der Waals surface area contributed by atoms with Crippen molar-refractivity contribution >= 4 is 0 Å². The van der Waals surface area contributed by atoms with Crippen molar-refractivity contribution in [3.63, 3.8) is 0 Å². The van der Waals surface area contributed by atoms with Gasteiger partial charge in [-0.1, -0.05) is 36.8 Å². The van der Waals surface area contributed by atoms with E-state index in [0.29, 0.717) is 0 Å². The first-order valence-electron chi connectivity index (χ1n) is 7.18. The standard InChI is InChI=1S/C16H21F2NO/c1-2-11-19-15(12-7-3-4-8-12)13-9-5-6-10-14(13)20-16(17)18/h5-7,9-10,15-16,19H,2-4,8,11H2,1H3. The molecule has 1 N–H and O–H groups in total. The van der Waals surface area contributed by atoms with Gasteiger partial charge in [0.05, 0.1) is 6.04 Å². The Labute approximate surface area is 118 Å². The van der Waals surface area contributed by atoms with Crippen LogP contribution in [0.2, 0.25) is 0 Å². The minimum absolute atomic E-state index is 0.0209. The smallest absolute Gasteiger partial charge is 0.387 e. The van der Waals surface area contributed by atoms with Crippen molar-refractivity contribution in [3.8, 4) is 5.75 Å². The molecule has 0 bridgehead atoms. The molecule has 0 aromatic heterocycles. The summed E-state index contributed by atoms with van der Waals surface area (Å²) in [6, 6.07) is 7.04. The van der Waals surface area contributed by atoms with Crippen LogP contribution in [0.25, 0.3) is 0 Å². The van der Waals surface area contributed by atoms with Crippen LogP contribution >= 0.6 is 0 Å². The molecule has 1 atom stereocenters. The zero-order chi connectivity index (χ0) is 14.4. The molecule has 1 aliphatic carbocycles. The van der Waals surface area contributed by atoms with Gasteiger partial charge in [-0.2, -0.15) is 8.78 Å². The summed E-state index contributed by atoms with van der Waals surface area (Å²) in [6.45, 7) is 0.153. The van der Waals surface area contributed by atoms with Crippen molar-refractivity contribution in [2.75, 3.05) is 6.54 Å². The van der Waals surface area contributed by atoms with Crippen LogP contribution in [-0.4, -0.2) is 13.2 Å². The van der Waals surface area contributed by atoms with Crippen molar-refractivity contribution < 1.29 is 13.5 Å². The molecule has 0 aliphatic heterocycles. The van der Waals surface area contributed by atoms with Gasteiger partial charge in [0.25, 0.3) is 0 Å². The Kier molecular flexibility index (Phi) is 5.53. The van der Waals surface area contributed by atoms with Gasteiger partial charge in [0.1, 0.15) is 5.75 Å². The van der Waals surface area contributed by atoms with Gasteiger partial charge in [0.15, 0.2) is 0 Å². The first-order valence-corrected chi connectivity index (χ1v) is 7.18. The normalized spacial score (nSPS) is 16.3. The number of alkyl halides is 2. The van der Waals surface area contributed by atoms with Gasteiger partial charge in [-0.05, 0) is 38.3 Å². The molecule has 0 amide bonds. The van der Waals surface area contributed by atoms with Crippen LogP contribution in [0.5, 0.6) is 5.75 Å². The highest BCUT2D eigenvalue weighted by atomic mass is 19.3. The van der Waals surface area contributed by atoms with Crippen molar-refractivity contribution in [3.05, 3.63) is 41.5 Å². The molecule has 2 rings (SSSR count). The highest BCUT2D eigenvalue weighted by Crippen LogP contribution is 2.35. The summed E-state index contributed by atoms with van der Waals surface area (Å²) in [7, 11) is 0. The number of halogens is 2. The molecule has 1 aromatic rings. The van der Waals surface area contributed by atoms with E-state index < -0.39 is 6.61 Å². The zero-order valence-electron chi connectivity index (χ0n) is 11.7. The van der Waals surface area contributed by atoms with Crippen molar-refractivity contribution in [1.82, 2.24) is 5.32 Å². The summed E-state index contributed by atoms with van der Waals surface area (Å²) in [4.78, 5) is 0. The van der Waals surface area contributed by atoms with Gasteiger partial charge in [-0.25, -0.2) is 0 Å². The molecule has 1 aromatic carbocycles. The Morgan fingerprint density at radius 3 is 2.75 bits per heavy atom. The maximum atomic E-state index is 12.5. The fourth-order valence-corrected chi connectivity index (χ4v) is 2.61. The lowest BCUT2D eigenvalue weighted by Gasteiger charge is -2.23. The van der Waals surface area contributed by atoms with Crippen LogP contribution < -0.4 is 10.1 Å².